The Balaban J connectivity index is 2.35. The zero-order valence-electron chi connectivity index (χ0n) is 10.4. The fourth-order valence-electron chi connectivity index (χ4n) is 1.93. The summed E-state index contributed by atoms with van der Waals surface area (Å²) in [5.74, 6) is -1.10. The lowest BCUT2D eigenvalue weighted by molar-refractivity contribution is 0.0977. The molecule has 19 heavy (non-hydrogen) atoms. The summed E-state index contributed by atoms with van der Waals surface area (Å²) in [6.07, 6.45) is 2.01. The second kappa shape index (κ2) is 5.49. The first kappa shape index (κ1) is 13.0. The number of ketones is 1. The summed E-state index contributed by atoms with van der Waals surface area (Å²) >= 11 is 0. The Morgan fingerprint density at radius 1 is 1.37 bits per heavy atom. The smallest absolute Gasteiger partial charge is 0.187 e. The molecule has 0 saturated heterocycles. The van der Waals surface area contributed by atoms with Crippen LogP contribution in [0.1, 0.15) is 34.5 Å². The van der Waals surface area contributed by atoms with Gasteiger partial charge in [-0.3, -0.25) is 4.79 Å². The van der Waals surface area contributed by atoms with Gasteiger partial charge in [-0.15, -0.1) is 0 Å². The van der Waals surface area contributed by atoms with Gasteiger partial charge in [-0.05, 0) is 23.8 Å². The molecule has 2 rings (SSSR count). The number of rotatable bonds is 4. The molecular weight excluding hydrogens is 245 g/mol. The highest BCUT2D eigenvalue weighted by Crippen LogP contribution is 2.23. The Hall–Kier alpha value is -2.41. The van der Waals surface area contributed by atoms with E-state index >= 15 is 0 Å². The number of carbonyl (C=O) groups excluding carboxylic acids is 1. The monoisotopic (exact) mass is 257 g/mol. The predicted molar refractivity (Wildman–Crippen MR) is 67.2 cm³/mol. The molecule has 0 aliphatic rings. The van der Waals surface area contributed by atoms with E-state index in [1.165, 1.54) is 30.5 Å². The van der Waals surface area contributed by atoms with E-state index in [0.717, 1.165) is 0 Å². The minimum atomic E-state index is -0.941. The SMILES string of the molecule is CCc1occc1C(=O)C(C#N)c1ccc(F)cc1. The van der Waals surface area contributed by atoms with Gasteiger partial charge < -0.3 is 4.42 Å². The van der Waals surface area contributed by atoms with Gasteiger partial charge in [0.15, 0.2) is 5.78 Å². The van der Waals surface area contributed by atoms with Gasteiger partial charge in [0.25, 0.3) is 0 Å². The van der Waals surface area contributed by atoms with Crippen molar-refractivity contribution in [2.24, 2.45) is 0 Å². The number of halogens is 1. The maximum atomic E-state index is 12.9. The second-order valence-corrected chi connectivity index (χ2v) is 4.09. The van der Waals surface area contributed by atoms with Gasteiger partial charge >= 0.3 is 0 Å². The van der Waals surface area contributed by atoms with Crippen molar-refractivity contribution in [2.75, 3.05) is 0 Å². The highest BCUT2D eigenvalue weighted by molar-refractivity contribution is 6.03. The van der Waals surface area contributed by atoms with Gasteiger partial charge in [-0.25, -0.2) is 4.39 Å². The molecule has 0 fully saturated rings. The number of hydrogen-bond donors (Lipinski definition) is 0. The molecule has 0 spiro atoms. The lowest BCUT2D eigenvalue weighted by Crippen LogP contribution is -2.12. The van der Waals surface area contributed by atoms with Gasteiger partial charge in [0, 0.05) is 6.42 Å². The molecule has 0 amide bonds. The lowest BCUT2D eigenvalue weighted by Gasteiger charge is -2.08. The first-order valence-corrected chi connectivity index (χ1v) is 5.93. The van der Waals surface area contributed by atoms with Gasteiger partial charge in [-0.1, -0.05) is 19.1 Å². The van der Waals surface area contributed by atoms with Crippen molar-refractivity contribution in [1.29, 1.82) is 5.26 Å². The first-order chi connectivity index (χ1) is 9.17. The predicted octanol–water partition coefficient (Wildman–Crippen LogP) is 3.47. The van der Waals surface area contributed by atoms with Gasteiger partial charge in [0.1, 0.15) is 17.5 Å². The molecule has 0 aliphatic carbocycles. The van der Waals surface area contributed by atoms with Crippen molar-refractivity contribution in [2.45, 2.75) is 19.3 Å². The Bertz CT molecular complexity index is 622. The molecule has 1 aromatic carbocycles. The Kier molecular flexibility index (Phi) is 3.76. The molecule has 4 heteroatoms. The molecule has 0 saturated carbocycles. The summed E-state index contributed by atoms with van der Waals surface area (Å²) < 4.78 is 18.1. The van der Waals surface area contributed by atoms with Crippen LogP contribution in [0.4, 0.5) is 4.39 Å². The number of furan rings is 1. The lowest BCUT2D eigenvalue weighted by atomic mass is 9.91. The van der Waals surface area contributed by atoms with Crippen LogP contribution >= 0.6 is 0 Å². The van der Waals surface area contributed by atoms with Gasteiger partial charge in [-0.2, -0.15) is 5.26 Å². The van der Waals surface area contributed by atoms with E-state index in [1.54, 1.807) is 6.07 Å². The number of hydrogen-bond acceptors (Lipinski definition) is 3. The average molecular weight is 257 g/mol. The van der Waals surface area contributed by atoms with E-state index in [1.807, 2.05) is 13.0 Å². The summed E-state index contributed by atoms with van der Waals surface area (Å²) in [4.78, 5) is 12.3. The summed E-state index contributed by atoms with van der Waals surface area (Å²) in [5, 5.41) is 9.19. The van der Waals surface area contributed by atoms with Crippen molar-refractivity contribution in [1.82, 2.24) is 0 Å². The van der Waals surface area contributed by atoms with Crippen LogP contribution in [0.3, 0.4) is 0 Å². The Labute approximate surface area is 110 Å². The molecule has 2 aromatic rings. The Morgan fingerprint density at radius 2 is 2.05 bits per heavy atom. The summed E-state index contributed by atoms with van der Waals surface area (Å²) in [7, 11) is 0. The molecule has 3 nitrogen and oxygen atoms in total. The Morgan fingerprint density at radius 3 is 2.63 bits per heavy atom. The standard InChI is InChI=1S/C15H12FNO2/c1-2-14-12(7-8-19-14)15(18)13(9-17)10-3-5-11(16)6-4-10/h3-8,13H,2H2,1H3. The van der Waals surface area contributed by atoms with E-state index in [0.29, 0.717) is 23.3 Å². The molecule has 0 aliphatic heterocycles. The van der Waals surface area contributed by atoms with E-state index in [4.69, 9.17) is 4.42 Å². The number of benzene rings is 1. The van der Waals surface area contributed by atoms with E-state index in [9.17, 15) is 14.4 Å². The van der Waals surface area contributed by atoms with Crippen molar-refractivity contribution in [3.63, 3.8) is 0 Å². The fraction of sp³-hybridized carbons (Fsp3) is 0.200. The molecule has 0 bridgehead atoms. The van der Waals surface area contributed by atoms with Gasteiger partial charge in [0.2, 0.25) is 0 Å². The molecule has 1 atom stereocenters. The number of aryl methyl sites for hydroxylation is 1. The molecule has 1 aromatic heterocycles. The van der Waals surface area contributed by atoms with Crippen molar-refractivity contribution < 1.29 is 13.6 Å². The minimum absolute atomic E-state index is 0.320. The fourth-order valence-corrected chi connectivity index (χ4v) is 1.93. The zero-order valence-corrected chi connectivity index (χ0v) is 10.4. The number of Topliss-reactive ketones (excluding diaryl/α,β-unsaturated/α-hetero) is 1. The summed E-state index contributed by atoms with van der Waals surface area (Å²) in [6, 6.07) is 8.91. The first-order valence-electron chi connectivity index (χ1n) is 5.93. The van der Waals surface area contributed by atoms with E-state index in [-0.39, 0.29) is 5.78 Å². The van der Waals surface area contributed by atoms with Crippen molar-refractivity contribution in [3.05, 3.63) is 59.3 Å². The van der Waals surface area contributed by atoms with Crippen LogP contribution in [-0.2, 0) is 6.42 Å². The number of nitrogens with zero attached hydrogens (tertiary/aromatic N) is 1. The topological polar surface area (TPSA) is 54.0 Å². The second-order valence-electron chi connectivity index (χ2n) is 4.09. The van der Waals surface area contributed by atoms with Crippen LogP contribution in [0.2, 0.25) is 0 Å². The third kappa shape index (κ3) is 2.55. The van der Waals surface area contributed by atoms with Crippen LogP contribution in [0.15, 0.2) is 41.0 Å². The number of nitriles is 1. The molecule has 0 N–H and O–H groups in total. The van der Waals surface area contributed by atoms with Crippen molar-refractivity contribution in [3.8, 4) is 6.07 Å². The van der Waals surface area contributed by atoms with Crippen LogP contribution in [0.25, 0.3) is 0 Å². The highest BCUT2D eigenvalue weighted by Gasteiger charge is 2.25. The summed E-state index contributed by atoms with van der Waals surface area (Å²) in [5.41, 5.74) is 0.899. The summed E-state index contributed by atoms with van der Waals surface area (Å²) in [6.45, 7) is 1.87. The maximum Gasteiger partial charge on any atom is 0.187 e. The van der Waals surface area contributed by atoms with Crippen LogP contribution in [0.5, 0.6) is 0 Å². The van der Waals surface area contributed by atoms with Crippen LogP contribution in [-0.4, -0.2) is 5.78 Å². The van der Waals surface area contributed by atoms with E-state index < -0.39 is 11.7 Å². The normalized spacial score (nSPS) is 11.8. The number of carbonyl (C=O) groups is 1. The molecule has 1 heterocycles. The third-order valence-corrected chi connectivity index (χ3v) is 2.93. The largest absolute Gasteiger partial charge is 0.469 e. The van der Waals surface area contributed by atoms with Crippen LogP contribution < -0.4 is 0 Å². The quantitative estimate of drug-likeness (QED) is 0.788. The molecular formula is C15H12FNO2. The molecule has 1 unspecified atom stereocenters. The van der Waals surface area contributed by atoms with Crippen LogP contribution in [0, 0.1) is 17.1 Å². The molecule has 96 valence electrons. The van der Waals surface area contributed by atoms with E-state index in [2.05, 4.69) is 0 Å². The van der Waals surface area contributed by atoms with Crippen molar-refractivity contribution >= 4 is 5.78 Å². The molecule has 0 radical (unpaired) electrons. The zero-order chi connectivity index (χ0) is 13.8. The minimum Gasteiger partial charge on any atom is -0.469 e. The third-order valence-electron chi connectivity index (χ3n) is 2.93. The average Bonchev–Trinajstić information content (AvgIpc) is 2.90. The highest BCUT2D eigenvalue weighted by atomic mass is 19.1. The maximum absolute atomic E-state index is 12.9. The van der Waals surface area contributed by atoms with Gasteiger partial charge in [0.05, 0.1) is 17.9 Å².